The summed E-state index contributed by atoms with van der Waals surface area (Å²) >= 11 is 5.87. The van der Waals surface area contributed by atoms with E-state index in [1.54, 1.807) is 30.6 Å². The van der Waals surface area contributed by atoms with Gasteiger partial charge in [0.25, 0.3) is 5.91 Å². The number of carbonyl (C=O) groups is 1. The van der Waals surface area contributed by atoms with Crippen molar-refractivity contribution in [3.63, 3.8) is 0 Å². The molecule has 4 heteroatoms. The monoisotopic (exact) mass is 234 g/mol. The first-order valence-corrected chi connectivity index (χ1v) is 5.25. The van der Waals surface area contributed by atoms with Gasteiger partial charge in [-0.3, -0.25) is 4.79 Å². The van der Waals surface area contributed by atoms with Crippen LogP contribution in [-0.4, -0.2) is 10.9 Å². The third kappa shape index (κ3) is 2.25. The molecular formula is C12H11ClN2O. The highest BCUT2D eigenvalue weighted by Crippen LogP contribution is 2.20. The molecule has 0 spiro atoms. The molecule has 0 aliphatic carbocycles. The van der Waals surface area contributed by atoms with Crippen molar-refractivity contribution < 1.29 is 4.79 Å². The number of H-pyrrole nitrogens is 1. The van der Waals surface area contributed by atoms with Crippen LogP contribution in [0.3, 0.4) is 0 Å². The summed E-state index contributed by atoms with van der Waals surface area (Å²) in [5.74, 6) is -0.147. The van der Waals surface area contributed by atoms with Crippen molar-refractivity contribution in [2.45, 2.75) is 6.92 Å². The minimum atomic E-state index is -0.147. The lowest BCUT2D eigenvalue weighted by Gasteiger charge is -2.07. The highest BCUT2D eigenvalue weighted by atomic mass is 35.5. The molecule has 1 heterocycles. The van der Waals surface area contributed by atoms with Crippen molar-refractivity contribution in [3.8, 4) is 0 Å². The Morgan fingerprint density at radius 1 is 1.38 bits per heavy atom. The van der Waals surface area contributed by atoms with Crippen molar-refractivity contribution in [1.82, 2.24) is 4.98 Å². The summed E-state index contributed by atoms with van der Waals surface area (Å²) in [7, 11) is 0. The number of carbonyl (C=O) groups excluding carboxylic acids is 1. The Morgan fingerprint density at radius 3 is 2.88 bits per heavy atom. The first-order chi connectivity index (χ1) is 7.66. The summed E-state index contributed by atoms with van der Waals surface area (Å²) < 4.78 is 0. The molecule has 0 fully saturated rings. The number of benzene rings is 1. The Labute approximate surface area is 98.4 Å². The summed E-state index contributed by atoms with van der Waals surface area (Å²) in [5, 5.41) is 3.42. The van der Waals surface area contributed by atoms with E-state index in [9.17, 15) is 4.79 Å². The van der Waals surface area contributed by atoms with Crippen LogP contribution in [0.25, 0.3) is 0 Å². The molecule has 0 bridgehead atoms. The van der Waals surface area contributed by atoms with Gasteiger partial charge in [-0.1, -0.05) is 17.7 Å². The van der Waals surface area contributed by atoms with Gasteiger partial charge in [0.2, 0.25) is 0 Å². The molecule has 0 atom stereocenters. The zero-order valence-corrected chi connectivity index (χ0v) is 9.51. The van der Waals surface area contributed by atoms with Crippen LogP contribution < -0.4 is 5.32 Å². The van der Waals surface area contributed by atoms with Crippen LogP contribution in [0.5, 0.6) is 0 Å². The second-order valence-electron chi connectivity index (χ2n) is 3.51. The third-order valence-corrected chi connectivity index (χ3v) is 2.54. The van der Waals surface area contributed by atoms with Gasteiger partial charge in [-0.15, -0.1) is 0 Å². The number of amides is 1. The maximum absolute atomic E-state index is 11.8. The van der Waals surface area contributed by atoms with E-state index in [0.717, 1.165) is 11.3 Å². The normalized spacial score (nSPS) is 10.1. The molecule has 2 N–H and O–H groups in total. The Bertz CT molecular complexity index is 506. The molecule has 3 nitrogen and oxygen atoms in total. The number of aromatic amines is 1. The first kappa shape index (κ1) is 10.8. The molecule has 0 radical (unpaired) electrons. The number of aryl methyl sites for hydroxylation is 1. The van der Waals surface area contributed by atoms with Crippen LogP contribution in [0.2, 0.25) is 5.02 Å². The molecule has 1 aromatic carbocycles. The smallest absolute Gasteiger partial charge is 0.257 e. The third-order valence-electron chi connectivity index (χ3n) is 2.31. The van der Waals surface area contributed by atoms with Crippen LogP contribution in [0.4, 0.5) is 5.69 Å². The van der Waals surface area contributed by atoms with E-state index in [1.807, 2.05) is 13.0 Å². The van der Waals surface area contributed by atoms with E-state index in [4.69, 9.17) is 11.6 Å². The highest BCUT2D eigenvalue weighted by molar-refractivity contribution is 6.31. The van der Waals surface area contributed by atoms with Gasteiger partial charge >= 0.3 is 0 Å². The lowest BCUT2D eigenvalue weighted by Crippen LogP contribution is -2.11. The summed E-state index contributed by atoms with van der Waals surface area (Å²) in [4.78, 5) is 14.6. The fourth-order valence-electron chi connectivity index (χ4n) is 1.39. The standard InChI is InChI=1S/C12H11ClN2O/c1-8-2-3-10(13)6-11(8)15-12(16)9-4-5-14-7-9/h2-7,14H,1H3,(H,15,16). The number of aromatic nitrogens is 1. The van der Waals surface area contributed by atoms with Crippen LogP contribution in [-0.2, 0) is 0 Å². The van der Waals surface area contributed by atoms with Gasteiger partial charge in [-0.2, -0.15) is 0 Å². The maximum atomic E-state index is 11.8. The number of anilines is 1. The lowest BCUT2D eigenvalue weighted by atomic mass is 10.2. The van der Waals surface area contributed by atoms with Gasteiger partial charge in [0.05, 0.1) is 5.56 Å². The number of rotatable bonds is 2. The fourth-order valence-corrected chi connectivity index (χ4v) is 1.56. The summed E-state index contributed by atoms with van der Waals surface area (Å²) in [5.41, 5.74) is 2.31. The Morgan fingerprint density at radius 2 is 2.19 bits per heavy atom. The molecule has 1 aromatic heterocycles. The first-order valence-electron chi connectivity index (χ1n) is 4.87. The molecule has 0 unspecified atom stereocenters. The topological polar surface area (TPSA) is 44.9 Å². The van der Waals surface area contributed by atoms with Crippen molar-refractivity contribution in [2.24, 2.45) is 0 Å². The largest absolute Gasteiger partial charge is 0.367 e. The van der Waals surface area contributed by atoms with E-state index < -0.39 is 0 Å². The Balaban J connectivity index is 2.21. The molecule has 2 rings (SSSR count). The van der Waals surface area contributed by atoms with E-state index in [0.29, 0.717) is 10.6 Å². The quantitative estimate of drug-likeness (QED) is 0.823. The van der Waals surface area contributed by atoms with Gasteiger partial charge < -0.3 is 10.3 Å². The predicted molar refractivity (Wildman–Crippen MR) is 64.9 cm³/mol. The van der Waals surface area contributed by atoms with Crippen molar-refractivity contribution >= 4 is 23.2 Å². The number of hydrogen-bond donors (Lipinski definition) is 2. The Kier molecular flexibility index (Phi) is 2.97. The molecule has 0 saturated carbocycles. The fraction of sp³-hybridized carbons (Fsp3) is 0.0833. The highest BCUT2D eigenvalue weighted by Gasteiger charge is 2.07. The van der Waals surface area contributed by atoms with Gasteiger partial charge in [-0.25, -0.2) is 0 Å². The molecule has 0 saturated heterocycles. The average molecular weight is 235 g/mol. The summed E-state index contributed by atoms with van der Waals surface area (Å²) in [6.45, 7) is 1.92. The molecular weight excluding hydrogens is 224 g/mol. The van der Waals surface area contributed by atoms with Crippen LogP contribution in [0.1, 0.15) is 15.9 Å². The van der Waals surface area contributed by atoms with Crippen molar-refractivity contribution in [1.29, 1.82) is 0 Å². The number of nitrogens with one attached hydrogen (secondary N) is 2. The van der Waals surface area contributed by atoms with E-state index >= 15 is 0 Å². The molecule has 2 aromatic rings. The Hall–Kier alpha value is -1.74. The second kappa shape index (κ2) is 4.41. The van der Waals surface area contributed by atoms with Crippen LogP contribution in [0.15, 0.2) is 36.7 Å². The van der Waals surface area contributed by atoms with E-state index in [-0.39, 0.29) is 5.91 Å². The van der Waals surface area contributed by atoms with E-state index in [1.165, 1.54) is 0 Å². The van der Waals surface area contributed by atoms with Crippen LogP contribution in [0, 0.1) is 6.92 Å². The van der Waals surface area contributed by atoms with Gasteiger partial charge in [0.1, 0.15) is 0 Å². The lowest BCUT2D eigenvalue weighted by molar-refractivity contribution is 0.102. The molecule has 1 amide bonds. The van der Waals surface area contributed by atoms with Crippen molar-refractivity contribution in [2.75, 3.05) is 5.32 Å². The molecule has 16 heavy (non-hydrogen) atoms. The van der Waals surface area contributed by atoms with Gasteiger partial charge in [0, 0.05) is 23.1 Å². The molecule has 82 valence electrons. The number of hydrogen-bond acceptors (Lipinski definition) is 1. The zero-order valence-electron chi connectivity index (χ0n) is 8.75. The van der Waals surface area contributed by atoms with E-state index in [2.05, 4.69) is 10.3 Å². The van der Waals surface area contributed by atoms with Crippen LogP contribution >= 0.6 is 11.6 Å². The molecule has 0 aliphatic rings. The molecule has 0 aliphatic heterocycles. The zero-order chi connectivity index (χ0) is 11.5. The minimum Gasteiger partial charge on any atom is -0.367 e. The average Bonchev–Trinajstić information content (AvgIpc) is 2.76. The van der Waals surface area contributed by atoms with Gasteiger partial charge in [-0.05, 0) is 30.7 Å². The summed E-state index contributed by atoms with van der Waals surface area (Å²) in [6.07, 6.45) is 3.36. The second-order valence-corrected chi connectivity index (χ2v) is 3.95. The SMILES string of the molecule is Cc1ccc(Cl)cc1NC(=O)c1cc[nH]c1. The predicted octanol–water partition coefficient (Wildman–Crippen LogP) is 3.23. The maximum Gasteiger partial charge on any atom is 0.257 e. The summed E-state index contributed by atoms with van der Waals surface area (Å²) in [6, 6.07) is 7.12. The van der Waals surface area contributed by atoms with Crippen molar-refractivity contribution in [3.05, 3.63) is 52.8 Å². The number of halogens is 1. The minimum absolute atomic E-state index is 0.147. The van der Waals surface area contributed by atoms with Gasteiger partial charge in [0.15, 0.2) is 0 Å².